The smallest absolute Gasteiger partial charge is 0.216 e. The van der Waals surface area contributed by atoms with E-state index in [-0.39, 0.29) is 5.82 Å². The zero-order chi connectivity index (χ0) is 16.8. The fraction of sp³-hybridized carbons (Fsp3) is 0.0588. The molecule has 7 heteroatoms. The minimum absolute atomic E-state index is 0.260. The topological polar surface area (TPSA) is 90.3 Å². The van der Waals surface area contributed by atoms with Crippen LogP contribution in [0.3, 0.4) is 0 Å². The van der Waals surface area contributed by atoms with Crippen LogP contribution >= 0.6 is 11.8 Å². The van der Waals surface area contributed by atoms with Gasteiger partial charge in [0.1, 0.15) is 11.6 Å². The molecular weight excluding hydrogens is 320 g/mol. The summed E-state index contributed by atoms with van der Waals surface area (Å²) in [4.78, 5) is 1.24. The Labute approximate surface area is 143 Å². The van der Waals surface area contributed by atoms with Crippen LogP contribution in [0.4, 0.5) is 5.69 Å². The third-order valence-electron chi connectivity index (χ3n) is 3.40. The number of aromatic nitrogens is 4. The lowest BCUT2D eigenvalue weighted by molar-refractivity contribution is 0.881. The molecule has 3 aromatic rings. The summed E-state index contributed by atoms with van der Waals surface area (Å²) in [5.74, 6) is 0.260. The Bertz CT molecular complexity index is 861. The number of tetrazole rings is 1. The third kappa shape index (κ3) is 3.62. The first kappa shape index (κ1) is 15.8. The summed E-state index contributed by atoms with van der Waals surface area (Å²) in [6.07, 6.45) is 3.63. The van der Waals surface area contributed by atoms with E-state index >= 15 is 0 Å². The van der Waals surface area contributed by atoms with Crippen LogP contribution in [0.25, 0.3) is 16.7 Å². The van der Waals surface area contributed by atoms with Crippen molar-refractivity contribution in [3.63, 3.8) is 0 Å². The zero-order valence-corrected chi connectivity index (χ0v) is 13.7. The first-order valence-electron chi connectivity index (χ1n) is 7.15. The van der Waals surface area contributed by atoms with E-state index in [1.807, 2.05) is 30.3 Å². The molecule has 0 aliphatic heterocycles. The highest BCUT2D eigenvalue weighted by atomic mass is 32.2. The van der Waals surface area contributed by atoms with Gasteiger partial charge >= 0.3 is 0 Å². The molecule has 0 amide bonds. The minimum Gasteiger partial charge on any atom is -0.360 e. The van der Waals surface area contributed by atoms with Gasteiger partial charge < -0.3 is 5.32 Å². The number of allylic oxidation sites excluding steroid dienone is 1. The second-order valence-corrected chi connectivity index (χ2v) is 5.74. The van der Waals surface area contributed by atoms with Gasteiger partial charge in [0.15, 0.2) is 0 Å². The molecule has 2 aromatic carbocycles. The predicted octanol–water partition coefficient (Wildman–Crippen LogP) is 3.57. The molecule has 1 aromatic heterocycles. The van der Waals surface area contributed by atoms with Crippen molar-refractivity contribution in [2.24, 2.45) is 0 Å². The maximum Gasteiger partial charge on any atom is 0.216 e. The second kappa shape index (κ2) is 7.44. The molecule has 6 nitrogen and oxygen atoms in total. The molecule has 2 N–H and O–H groups in total. The van der Waals surface area contributed by atoms with Gasteiger partial charge in [-0.2, -0.15) is 10.5 Å². The molecule has 0 atom stereocenters. The molecule has 0 unspecified atom stereocenters. The van der Waals surface area contributed by atoms with Crippen molar-refractivity contribution in [2.45, 2.75) is 4.90 Å². The lowest BCUT2D eigenvalue weighted by Crippen LogP contribution is -1.93. The number of H-pyrrole nitrogens is 1. The lowest BCUT2D eigenvalue weighted by atomic mass is 10.1. The normalized spacial score (nSPS) is 11.1. The average Bonchev–Trinajstić information content (AvgIpc) is 3.17. The SMILES string of the molecule is CSc1ccc(-c2ccc(NC=C(C#N)c3nn[nH]n3)cc2)cc1. The van der Waals surface area contributed by atoms with Gasteiger partial charge in [-0.15, -0.1) is 22.0 Å². The first-order chi connectivity index (χ1) is 11.8. The second-order valence-electron chi connectivity index (χ2n) is 4.86. The molecule has 0 saturated carbocycles. The van der Waals surface area contributed by atoms with E-state index in [0.717, 1.165) is 11.3 Å². The fourth-order valence-corrected chi connectivity index (χ4v) is 2.53. The minimum atomic E-state index is 0.260. The Morgan fingerprint density at radius 3 is 2.33 bits per heavy atom. The number of nitrogens with zero attached hydrogens (tertiary/aromatic N) is 4. The molecule has 24 heavy (non-hydrogen) atoms. The van der Waals surface area contributed by atoms with Crippen LogP contribution in [0.2, 0.25) is 0 Å². The summed E-state index contributed by atoms with van der Waals surface area (Å²) in [6, 6.07) is 18.5. The molecule has 0 radical (unpaired) electrons. The molecule has 0 aliphatic carbocycles. The highest BCUT2D eigenvalue weighted by Crippen LogP contribution is 2.24. The summed E-state index contributed by atoms with van der Waals surface area (Å²) in [5.41, 5.74) is 3.48. The monoisotopic (exact) mass is 334 g/mol. The summed E-state index contributed by atoms with van der Waals surface area (Å²) < 4.78 is 0. The number of thioether (sulfide) groups is 1. The van der Waals surface area contributed by atoms with Gasteiger partial charge in [0, 0.05) is 16.8 Å². The van der Waals surface area contributed by atoms with Gasteiger partial charge in [0.2, 0.25) is 5.82 Å². The van der Waals surface area contributed by atoms with E-state index in [0.29, 0.717) is 5.57 Å². The van der Waals surface area contributed by atoms with Crippen molar-refractivity contribution < 1.29 is 0 Å². The van der Waals surface area contributed by atoms with Crippen molar-refractivity contribution in [1.29, 1.82) is 5.26 Å². The molecule has 3 rings (SSSR count). The summed E-state index contributed by atoms with van der Waals surface area (Å²) >= 11 is 1.73. The number of hydrogen-bond acceptors (Lipinski definition) is 6. The molecule has 0 bridgehead atoms. The van der Waals surface area contributed by atoms with Crippen LogP contribution in [0.1, 0.15) is 5.82 Å². The van der Waals surface area contributed by atoms with E-state index in [1.165, 1.54) is 10.5 Å². The van der Waals surface area contributed by atoms with Crippen LogP contribution in [-0.4, -0.2) is 26.9 Å². The summed E-state index contributed by atoms with van der Waals surface area (Å²) in [7, 11) is 0. The molecule has 118 valence electrons. The van der Waals surface area contributed by atoms with Crippen LogP contribution in [-0.2, 0) is 0 Å². The maximum atomic E-state index is 9.13. The molecule has 0 aliphatic rings. The molecule has 0 spiro atoms. The van der Waals surface area contributed by atoms with Crippen molar-refractivity contribution in [3.8, 4) is 17.2 Å². The van der Waals surface area contributed by atoms with Crippen molar-refractivity contribution >= 4 is 23.0 Å². The Morgan fingerprint density at radius 1 is 1.12 bits per heavy atom. The average molecular weight is 334 g/mol. The first-order valence-corrected chi connectivity index (χ1v) is 8.38. The van der Waals surface area contributed by atoms with Gasteiger partial charge in [0.25, 0.3) is 0 Å². The van der Waals surface area contributed by atoms with E-state index in [1.54, 1.807) is 18.0 Å². The lowest BCUT2D eigenvalue weighted by Gasteiger charge is -2.05. The quantitative estimate of drug-likeness (QED) is 0.547. The van der Waals surface area contributed by atoms with Crippen molar-refractivity contribution in [2.75, 3.05) is 11.6 Å². The van der Waals surface area contributed by atoms with Gasteiger partial charge in [-0.05, 0) is 46.9 Å². The molecule has 0 saturated heterocycles. The molecular formula is C17H14N6S. The van der Waals surface area contributed by atoms with Crippen LogP contribution in [0.5, 0.6) is 0 Å². The Morgan fingerprint density at radius 2 is 1.79 bits per heavy atom. The van der Waals surface area contributed by atoms with E-state index in [2.05, 4.69) is 56.5 Å². The summed E-state index contributed by atoms with van der Waals surface area (Å²) in [5, 5.41) is 25.5. The number of aromatic amines is 1. The largest absolute Gasteiger partial charge is 0.360 e. The van der Waals surface area contributed by atoms with E-state index < -0.39 is 0 Å². The third-order valence-corrected chi connectivity index (χ3v) is 4.14. The van der Waals surface area contributed by atoms with Crippen LogP contribution in [0.15, 0.2) is 59.6 Å². The van der Waals surface area contributed by atoms with Gasteiger partial charge in [0.05, 0.1) is 0 Å². The number of anilines is 1. The maximum absolute atomic E-state index is 9.13. The van der Waals surface area contributed by atoms with E-state index in [4.69, 9.17) is 5.26 Å². The highest BCUT2D eigenvalue weighted by molar-refractivity contribution is 7.98. The fourth-order valence-electron chi connectivity index (χ4n) is 2.12. The van der Waals surface area contributed by atoms with E-state index in [9.17, 15) is 0 Å². The van der Waals surface area contributed by atoms with Gasteiger partial charge in [-0.1, -0.05) is 24.3 Å². The van der Waals surface area contributed by atoms with Crippen LogP contribution in [0, 0.1) is 11.3 Å². The standard InChI is InChI=1S/C17H14N6S/c1-24-16-8-4-13(5-9-16)12-2-6-15(7-3-12)19-11-14(10-18)17-20-22-23-21-17/h2-9,11,19H,1H3,(H,20,21,22,23). The Kier molecular flexibility index (Phi) is 4.89. The van der Waals surface area contributed by atoms with Gasteiger partial charge in [-0.3, -0.25) is 0 Å². The highest BCUT2D eigenvalue weighted by Gasteiger charge is 2.05. The zero-order valence-electron chi connectivity index (χ0n) is 12.9. The Hall–Kier alpha value is -3.11. The number of hydrogen-bond donors (Lipinski definition) is 2. The summed E-state index contributed by atoms with van der Waals surface area (Å²) in [6.45, 7) is 0. The van der Waals surface area contributed by atoms with Crippen molar-refractivity contribution in [1.82, 2.24) is 20.6 Å². The molecule has 0 fully saturated rings. The Balaban J connectivity index is 1.73. The molecule has 1 heterocycles. The number of benzene rings is 2. The van der Waals surface area contributed by atoms with Crippen molar-refractivity contribution in [3.05, 3.63) is 60.6 Å². The predicted molar refractivity (Wildman–Crippen MR) is 95.0 cm³/mol. The number of nitriles is 1. The van der Waals surface area contributed by atoms with Gasteiger partial charge in [-0.25, -0.2) is 0 Å². The number of rotatable bonds is 5. The number of nitrogens with one attached hydrogen (secondary N) is 2. The van der Waals surface area contributed by atoms with Crippen LogP contribution < -0.4 is 5.32 Å².